The molecule has 5 aliphatic carbocycles. The lowest BCUT2D eigenvalue weighted by atomic mass is 9.43. The molecule has 5 rings (SSSR count). The van der Waals surface area contributed by atoms with Crippen LogP contribution >= 0.6 is 0 Å². The first-order valence-corrected chi connectivity index (χ1v) is 14.1. The molecule has 0 aromatic rings. The first-order chi connectivity index (χ1) is 14.7. The van der Waals surface area contributed by atoms with E-state index in [1.165, 1.54) is 70.6 Å². The Morgan fingerprint density at radius 2 is 1.55 bits per heavy atom. The van der Waals surface area contributed by atoms with Crippen molar-refractivity contribution in [1.29, 1.82) is 0 Å². The summed E-state index contributed by atoms with van der Waals surface area (Å²) in [5.41, 5.74) is 0.519. The average Bonchev–Trinajstić information content (AvgIpc) is 3.41. The minimum Gasteiger partial charge on any atom is -0.393 e. The van der Waals surface area contributed by atoms with Crippen molar-refractivity contribution in [2.75, 3.05) is 0 Å². The summed E-state index contributed by atoms with van der Waals surface area (Å²) in [7, 11) is 0. The van der Waals surface area contributed by atoms with Gasteiger partial charge >= 0.3 is 0 Å². The van der Waals surface area contributed by atoms with Gasteiger partial charge in [0.15, 0.2) is 0 Å². The van der Waals surface area contributed by atoms with Gasteiger partial charge in [0.2, 0.25) is 0 Å². The van der Waals surface area contributed by atoms with E-state index in [9.17, 15) is 10.2 Å². The molecule has 2 heteroatoms. The van der Waals surface area contributed by atoms with Crippen LogP contribution in [0.3, 0.4) is 0 Å². The van der Waals surface area contributed by atoms with Crippen LogP contribution in [0.2, 0.25) is 0 Å². The first-order valence-electron chi connectivity index (χ1n) is 14.1. The van der Waals surface area contributed by atoms with E-state index in [4.69, 9.17) is 0 Å². The molecule has 0 amide bonds. The van der Waals surface area contributed by atoms with Crippen molar-refractivity contribution in [2.45, 2.75) is 129 Å². The molecule has 1 unspecified atom stereocenters. The maximum atomic E-state index is 11.3. The third-order valence-corrected chi connectivity index (χ3v) is 12.6. The normalized spacial score (nSPS) is 52.3. The third kappa shape index (κ3) is 3.48. The summed E-state index contributed by atoms with van der Waals surface area (Å²) in [6.45, 7) is 9.83. The maximum absolute atomic E-state index is 11.3. The molecule has 0 radical (unpaired) electrons. The predicted octanol–water partition coefficient (Wildman–Crippen LogP) is 6.97. The van der Waals surface area contributed by atoms with Gasteiger partial charge in [0.25, 0.3) is 0 Å². The zero-order chi connectivity index (χ0) is 22.0. The van der Waals surface area contributed by atoms with E-state index in [1.807, 2.05) is 0 Å². The van der Waals surface area contributed by atoms with Gasteiger partial charge in [-0.3, -0.25) is 0 Å². The van der Waals surface area contributed by atoms with Gasteiger partial charge in [-0.2, -0.15) is 0 Å². The Bertz CT molecular complexity index is 655. The topological polar surface area (TPSA) is 40.5 Å². The summed E-state index contributed by atoms with van der Waals surface area (Å²) in [4.78, 5) is 0. The molecule has 10 atom stereocenters. The van der Waals surface area contributed by atoms with Gasteiger partial charge in [0.1, 0.15) is 0 Å². The summed E-state index contributed by atoms with van der Waals surface area (Å²) < 4.78 is 0. The molecule has 0 bridgehead atoms. The molecule has 0 aliphatic heterocycles. The number of rotatable bonds is 4. The van der Waals surface area contributed by atoms with E-state index >= 15 is 0 Å². The molecule has 2 nitrogen and oxygen atoms in total. The molecular formula is C29H50O2. The van der Waals surface area contributed by atoms with Gasteiger partial charge in [-0.1, -0.05) is 40.5 Å². The van der Waals surface area contributed by atoms with Crippen LogP contribution in [0.4, 0.5) is 0 Å². The summed E-state index contributed by atoms with van der Waals surface area (Å²) in [5.74, 6) is 5.14. The molecule has 5 fully saturated rings. The fraction of sp³-hybridized carbons (Fsp3) is 1.00. The number of hydrogen-bond donors (Lipinski definition) is 2. The fourth-order valence-corrected chi connectivity index (χ4v) is 10.5. The summed E-state index contributed by atoms with van der Waals surface area (Å²) >= 11 is 0. The number of aliphatic hydroxyl groups excluding tert-OH is 1. The van der Waals surface area contributed by atoms with Crippen LogP contribution in [0.25, 0.3) is 0 Å². The fourth-order valence-electron chi connectivity index (χ4n) is 10.5. The second-order valence-corrected chi connectivity index (χ2v) is 13.6. The highest BCUT2D eigenvalue weighted by molar-refractivity contribution is 5.11. The van der Waals surface area contributed by atoms with Crippen molar-refractivity contribution in [3.05, 3.63) is 0 Å². The van der Waals surface area contributed by atoms with E-state index in [2.05, 4.69) is 27.7 Å². The zero-order valence-electron chi connectivity index (χ0n) is 20.9. The lowest BCUT2D eigenvalue weighted by Crippen LogP contribution is -2.56. The molecule has 5 aliphatic rings. The smallest absolute Gasteiger partial charge is 0.0648 e. The number of hydrogen-bond acceptors (Lipinski definition) is 2. The quantitative estimate of drug-likeness (QED) is 0.505. The molecule has 0 saturated heterocycles. The van der Waals surface area contributed by atoms with Crippen LogP contribution in [0.1, 0.15) is 118 Å². The Morgan fingerprint density at radius 1 is 0.839 bits per heavy atom. The van der Waals surface area contributed by atoms with Gasteiger partial charge < -0.3 is 10.2 Å². The van der Waals surface area contributed by atoms with Gasteiger partial charge in [-0.05, 0) is 129 Å². The van der Waals surface area contributed by atoms with Crippen LogP contribution in [0.5, 0.6) is 0 Å². The average molecular weight is 431 g/mol. The van der Waals surface area contributed by atoms with Crippen LogP contribution in [0.15, 0.2) is 0 Å². The molecule has 5 saturated carbocycles. The zero-order valence-corrected chi connectivity index (χ0v) is 20.9. The second kappa shape index (κ2) is 8.00. The van der Waals surface area contributed by atoms with E-state index in [0.717, 1.165) is 48.9 Å². The van der Waals surface area contributed by atoms with Crippen molar-refractivity contribution >= 4 is 0 Å². The van der Waals surface area contributed by atoms with E-state index in [1.54, 1.807) is 0 Å². The molecule has 31 heavy (non-hydrogen) atoms. The van der Waals surface area contributed by atoms with Crippen LogP contribution in [-0.2, 0) is 0 Å². The molecule has 178 valence electrons. The standard InChI is InChI=1S/C29H50O2/c1-5-29(31)17-16-27(3)21(18-29)10-11-22-24-13-12-23(28(24,4)15-14-25(22)27)19(2)26(30)20-8-6-7-9-20/h19-26,30-31H,5-18H2,1-4H3/t19-,21-,22?,23+,24-,25-,26-,27-,28+,29-/m0/s1. The maximum Gasteiger partial charge on any atom is 0.0648 e. The van der Waals surface area contributed by atoms with E-state index in [-0.39, 0.29) is 11.7 Å². The third-order valence-electron chi connectivity index (χ3n) is 12.6. The van der Waals surface area contributed by atoms with Crippen molar-refractivity contribution in [3.8, 4) is 0 Å². The Hall–Kier alpha value is -0.0800. The number of aliphatic hydroxyl groups is 2. The van der Waals surface area contributed by atoms with Gasteiger partial charge in [0, 0.05) is 0 Å². The minimum absolute atomic E-state index is 0.0703. The molecule has 0 spiro atoms. The van der Waals surface area contributed by atoms with E-state index in [0.29, 0.717) is 22.7 Å². The van der Waals surface area contributed by atoms with Crippen LogP contribution < -0.4 is 0 Å². The second-order valence-electron chi connectivity index (χ2n) is 13.6. The molecule has 0 aromatic carbocycles. The Kier molecular flexibility index (Phi) is 5.86. The lowest BCUT2D eigenvalue weighted by Gasteiger charge is -2.62. The van der Waals surface area contributed by atoms with Crippen molar-refractivity contribution in [1.82, 2.24) is 0 Å². The number of fused-ring (bicyclic) bond motifs is 5. The SMILES string of the molecule is CC[C@]1(O)CC[C@@]2(C)[C@@H](CCC3[C@@H]2CC[C@]2(C)[C@@H]([C@H](C)[C@H](O)C4CCCC4)CC[C@@H]32)C1. The van der Waals surface area contributed by atoms with Gasteiger partial charge in [-0.15, -0.1) is 0 Å². The predicted molar refractivity (Wildman–Crippen MR) is 128 cm³/mol. The van der Waals surface area contributed by atoms with Crippen LogP contribution in [0, 0.1) is 52.3 Å². The lowest BCUT2D eigenvalue weighted by molar-refractivity contribution is -0.154. The Labute approximate surface area is 192 Å². The highest BCUT2D eigenvalue weighted by Crippen LogP contribution is 2.69. The molecule has 0 aromatic heterocycles. The van der Waals surface area contributed by atoms with Crippen molar-refractivity contribution < 1.29 is 10.2 Å². The summed E-state index contributed by atoms with van der Waals surface area (Å²) in [6, 6.07) is 0. The molecule has 2 N–H and O–H groups in total. The van der Waals surface area contributed by atoms with Crippen molar-refractivity contribution in [3.63, 3.8) is 0 Å². The Balaban J connectivity index is 1.33. The summed E-state index contributed by atoms with van der Waals surface area (Å²) in [5, 5.41) is 22.3. The minimum atomic E-state index is -0.384. The van der Waals surface area contributed by atoms with Crippen LogP contribution in [-0.4, -0.2) is 21.9 Å². The highest BCUT2D eigenvalue weighted by Gasteiger charge is 2.62. The van der Waals surface area contributed by atoms with Gasteiger partial charge in [-0.25, -0.2) is 0 Å². The van der Waals surface area contributed by atoms with E-state index < -0.39 is 0 Å². The monoisotopic (exact) mass is 430 g/mol. The molecule has 0 heterocycles. The van der Waals surface area contributed by atoms with Gasteiger partial charge in [0.05, 0.1) is 11.7 Å². The van der Waals surface area contributed by atoms with Crippen molar-refractivity contribution in [2.24, 2.45) is 52.3 Å². The largest absolute Gasteiger partial charge is 0.393 e. The summed E-state index contributed by atoms with van der Waals surface area (Å²) in [6.07, 6.45) is 17.6. The molecular weight excluding hydrogens is 380 g/mol. The first kappa shape index (κ1) is 22.7. The Morgan fingerprint density at radius 3 is 2.26 bits per heavy atom. The highest BCUT2D eigenvalue weighted by atomic mass is 16.3.